The molecule has 3 aromatic carbocycles. The Labute approximate surface area is 187 Å². The van der Waals surface area contributed by atoms with E-state index in [1.807, 2.05) is 91.9 Å². The molecule has 0 aliphatic heterocycles. The molecule has 5 nitrogen and oxygen atoms in total. The van der Waals surface area contributed by atoms with E-state index in [4.69, 9.17) is 4.74 Å². The summed E-state index contributed by atoms with van der Waals surface area (Å²) in [5.74, 6) is 0.474. The van der Waals surface area contributed by atoms with E-state index in [1.165, 1.54) is 0 Å². The number of carbonyl (C=O) groups excluding carboxylic acids is 1. The second-order valence-electron chi connectivity index (χ2n) is 7.25. The summed E-state index contributed by atoms with van der Waals surface area (Å²) in [5, 5.41) is 5.18. The smallest absolute Gasteiger partial charge is 0.271 e. The maximum atomic E-state index is 12.4. The topological polar surface area (TPSA) is 63.6 Å². The van der Waals surface area contributed by atoms with E-state index in [1.54, 1.807) is 18.3 Å². The van der Waals surface area contributed by atoms with Crippen molar-refractivity contribution < 1.29 is 9.53 Å². The molecule has 0 fully saturated rings. The number of hydrogen-bond acceptors (Lipinski definition) is 4. The zero-order chi connectivity index (χ0) is 22.2. The van der Waals surface area contributed by atoms with Crippen LogP contribution in [0.15, 0.2) is 102 Å². The van der Waals surface area contributed by atoms with Crippen molar-refractivity contribution in [3.05, 3.63) is 114 Å². The van der Waals surface area contributed by atoms with E-state index in [2.05, 4.69) is 15.5 Å². The van der Waals surface area contributed by atoms with Crippen molar-refractivity contribution in [3.8, 4) is 5.75 Å². The lowest BCUT2D eigenvalue weighted by molar-refractivity contribution is 0.0955. The molecule has 0 aliphatic carbocycles. The monoisotopic (exact) mass is 421 g/mol. The van der Waals surface area contributed by atoms with E-state index >= 15 is 0 Å². The number of benzene rings is 3. The lowest BCUT2D eigenvalue weighted by Crippen LogP contribution is -2.18. The maximum Gasteiger partial charge on any atom is 0.271 e. The van der Waals surface area contributed by atoms with Gasteiger partial charge in [-0.1, -0.05) is 66.7 Å². The average molecular weight is 422 g/mol. The average Bonchev–Trinajstić information content (AvgIpc) is 2.85. The van der Waals surface area contributed by atoms with Crippen LogP contribution in [0.4, 0.5) is 0 Å². The molecule has 0 atom stereocenters. The third-order valence-corrected chi connectivity index (χ3v) is 4.86. The van der Waals surface area contributed by atoms with Gasteiger partial charge in [0.25, 0.3) is 5.91 Å². The lowest BCUT2D eigenvalue weighted by Gasteiger charge is -2.09. The van der Waals surface area contributed by atoms with Gasteiger partial charge < -0.3 is 4.74 Å². The number of para-hydroxylation sites is 1. The van der Waals surface area contributed by atoms with Crippen molar-refractivity contribution in [2.24, 2.45) is 5.10 Å². The van der Waals surface area contributed by atoms with Gasteiger partial charge >= 0.3 is 0 Å². The molecule has 32 heavy (non-hydrogen) atoms. The molecule has 0 aliphatic rings. The first-order valence-corrected chi connectivity index (χ1v) is 10.3. The van der Waals surface area contributed by atoms with Crippen LogP contribution in [-0.4, -0.2) is 16.6 Å². The normalized spacial score (nSPS) is 11.6. The SMILES string of the molecule is CC(/C=C/c1ccccc1)=N\NC(=O)c1ccc(COc2cccc3cccnc23)cc1. The van der Waals surface area contributed by atoms with Crippen LogP contribution in [0.1, 0.15) is 28.4 Å². The molecule has 0 saturated heterocycles. The summed E-state index contributed by atoms with van der Waals surface area (Å²) in [6.07, 6.45) is 5.56. The molecule has 0 unspecified atom stereocenters. The first-order chi connectivity index (χ1) is 15.7. The van der Waals surface area contributed by atoms with Crippen molar-refractivity contribution in [2.45, 2.75) is 13.5 Å². The Bertz CT molecular complexity index is 1260. The van der Waals surface area contributed by atoms with Gasteiger partial charge in [0.05, 0.1) is 5.71 Å². The predicted octanol–water partition coefficient (Wildman–Crippen LogP) is 5.63. The summed E-state index contributed by atoms with van der Waals surface area (Å²) in [7, 11) is 0. The number of ether oxygens (including phenoxy) is 1. The number of nitrogens with one attached hydrogen (secondary N) is 1. The molecular weight excluding hydrogens is 398 g/mol. The van der Waals surface area contributed by atoms with Gasteiger partial charge in [0.2, 0.25) is 0 Å². The van der Waals surface area contributed by atoms with Crippen molar-refractivity contribution in [1.29, 1.82) is 0 Å². The molecule has 0 bridgehead atoms. The second kappa shape index (κ2) is 10.2. The standard InChI is InChI=1S/C27H23N3O2/c1-20(12-13-21-7-3-2-4-8-21)29-30-27(31)24-16-14-22(15-17-24)19-32-25-11-5-9-23-10-6-18-28-26(23)25/h2-18H,19H2,1H3,(H,30,31)/b13-12+,29-20+. The maximum absolute atomic E-state index is 12.4. The molecular formula is C27H23N3O2. The number of allylic oxidation sites excluding steroid dienone is 1. The molecule has 1 amide bonds. The van der Waals surface area contributed by atoms with Crippen molar-refractivity contribution in [3.63, 3.8) is 0 Å². The fourth-order valence-electron chi connectivity index (χ4n) is 3.13. The third kappa shape index (κ3) is 5.46. The van der Waals surface area contributed by atoms with Gasteiger partial charge in [-0.05, 0) is 48.4 Å². The largest absolute Gasteiger partial charge is 0.487 e. The van der Waals surface area contributed by atoms with E-state index < -0.39 is 0 Å². The fraction of sp³-hybridized carbons (Fsp3) is 0.0741. The fourth-order valence-corrected chi connectivity index (χ4v) is 3.13. The minimum absolute atomic E-state index is 0.261. The molecule has 0 spiro atoms. The molecule has 1 heterocycles. The van der Waals surface area contributed by atoms with Gasteiger partial charge in [-0.3, -0.25) is 9.78 Å². The summed E-state index contributed by atoms with van der Waals surface area (Å²) in [6, 6.07) is 27.0. The summed E-state index contributed by atoms with van der Waals surface area (Å²) in [6.45, 7) is 2.22. The molecule has 0 radical (unpaired) electrons. The number of fused-ring (bicyclic) bond motifs is 1. The minimum atomic E-state index is -0.261. The summed E-state index contributed by atoms with van der Waals surface area (Å²) < 4.78 is 5.96. The molecule has 1 aromatic heterocycles. The van der Waals surface area contributed by atoms with Gasteiger partial charge in [-0.25, -0.2) is 5.43 Å². The van der Waals surface area contributed by atoms with E-state index in [0.29, 0.717) is 17.9 Å². The van der Waals surface area contributed by atoms with Crippen LogP contribution in [0.25, 0.3) is 17.0 Å². The van der Waals surface area contributed by atoms with Crippen LogP contribution in [0.3, 0.4) is 0 Å². The quantitative estimate of drug-likeness (QED) is 0.311. The summed E-state index contributed by atoms with van der Waals surface area (Å²) >= 11 is 0. The molecule has 158 valence electrons. The molecule has 4 rings (SSSR count). The molecule has 5 heteroatoms. The van der Waals surface area contributed by atoms with E-state index in [0.717, 1.165) is 27.8 Å². The van der Waals surface area contributed by atoms with Crippen LogP contribution in [0.5, 0.6) is 5.75 Å². The number of hydrazone groups is 1. The second-order valence-corrected chi connectivity index (χ2v) is 7.25. The van der Waals surface area contributed by atoms with Gasteiger partial charge in [-0.2, -0.15) is 5.10 Å². The Morgan fingerprint density at radius 1 is 0.969 bits per heavy atom. The van der Waals surface area contributed by atoms with E-state index in [-0.39, 0.29) is 5.91 Å². The first kappa shape index (κ1) is 21.0. The zero-order valence-electron chi connectivity index (χ0n) is 17.7. The van der Waals surface area contributed by atoms with Gasteiger partial charge in [-0.15, -0.1) is 0 Å². The molecule has 0 saturated carbocycles. The highest BCUT2D eigenvalue weighted by atomic mass is 16.5. The van der Waals surface area contributed by atoms with Crippen molar-refractivity contribution in [1.82, 2.24) is 10.4 Å². The zero-order valence-corrected chi connectivity index (χ0v) is 17.7. The minimum Gasteiger partial charge on any atom is -0.487 e. The molecule has 1 N–H and O–H groups in total. The van der Waals surface area contributed by atoms with Crippen molar-refractivity contribution >= 4 is 28.6 Å². The summed E-state index contributed by atoms with van der Waals surface area (Å²) in [4.78, 5) is 16.8. The number of rotatable bonds is 7. The highest BCUT2D eigenvalue weighted by molar-refractivity contribution is 5.99. The Hall–Kier alpha value is -4.25. The van der Waals surface area contributed by atoms with Crippen LogP contribution >= 0.6 is 0 Å². The Balaban J connectivity index is 1.33. The Kier molecular flexibility index (Phi) is 6.68. The van der Waals surface area contributed by atoms with Crippen LogP contribution in [-0.2, 0) is 6.61 Å². The lowest BCUT2D eigenvalue weighted by atomic mass is 10.1. The number of nitrogens with zero attached hydrogens (tertiary/aromatic N) is 2. The van der Waals surface area contributed by atoms with Crippen LogP contribution in [0.2, 0.25) is 0 Å². The van der Waals surface area contributed by atoms with Crippen LogP contribution < -0.4 is 10.2 Å². The van der Waals surface area contributed by atoms with Gasteiger partial charge in [0.15, 0.2) is 0 Å². The Morgan fingerprint density at radius 2 is 1.75 bits per heavy atom. The highest BCUT2D eigenvalue weighted by Gasteiger charge is 2.06. The number of carbonyl (C=O) groups is 1. The predicted molar refractivity (Wildman–Crippen MR) is 129 cm³/mol. The number of aromatic nitrogens is 1. The number of pyridine rings is 1. The Morgan fingerprint density at radius 3 is 2.56 bits per heavy atom. The first-order valence-electron chi connectivity index (χ1n) is 10.3. The highest BCUT2D eigenvalue weighted by Crippen LogP contribution is 2.23. The number of hydrogen-bond donors (Lipinski definition) is 1. The third-order valence-electron chi connectivity index (χ3n) is 4.86. The van der Waals surface area contributed by atoms with E-state index in [9.17, 15) is 4.79 Å². The van der Waals surface area contributed by atoms with Crippen LogP contribution in [0, 0.1) is 0 Å². The van der Waals surface area contributed by atoms with Crippen molar-refractivity contribution in [2.75, 3.05) is 0 Å². The van der Waals surface area contributed by atoms with Gasteiger partial charge in [0, 0.05) is 17.1 Å². The molecule has 4 aromatic rings. The number of amides is 1. The summed E-state index contributed by atoms with van der Waals surface area (Å²) in [5.41, 5.74) is 6.69. The van der Waals surface area contributed by atoms with Gasteiger partial charge in [0.1, 0.15) is 17.9 Å².